The van der Waals surface area contributed by atoms with Crippen LogP contribution in [0.4, 0.5) is 0 Å². The lowest BCUT2D eigenvalue weighted by Gasteiger charge is -1.93. The summed E-state index contributed by atoms with van der Waals surface area (Å²) in [5, 5.41) is 10.4. The van der Waals surface area contributed by atoms with Crippen molar-refractivity contribution in [2.24, 2.45) is 4.99 Å². The highest BCUT2D eigenvalue weighted by atomic mass is 32.2. The van der Waals surface area contributed by atoms with E-state index in [-0.39, 0.29) is 0 Å². The van der Waals surface area contributed by atoms with Crippen molar-refractivity contribution >= 4 is 57.0 Å². The molecule has 2 heterocycles. The molecule has 1 aromatic heterocycles. The van der Waals surface area contributed by atoms with Crippen molar-refractivity contribution in [3.63, 3.8) is 0 Å². The van der Waals surface area contributed by atoms with E-state index in [4.69, 9.17) is 5.11 Å². The number of aliphatic carboxylic acids is 1. The summed E-state index contributed by atoms with van der Waals surface area (Å²) in [5.74, 6) is -0.394. The number of thioether (sulfide) groups is 1. The Labute approximate surface area is 117 Å². The number of aromatic nitrogens is 1. The highest BCUT2D eigenvalue weighted by Crippen LogP contribution is 2.30. The van der Waals surface area contributed by atoms with Crippen LogP contribution in [0.25, 0.3) is 10.2 Å². The number of carbonyl (C=O) groups is 1. The molecule has 1 atom stereocenters. The molecule has 1 aliphatic rings. The van der Waals surface area contributed by atoms with Crippen molar-refractivity contribution in [2.45, 2.75) is 10.9 Å². The molecular formula is C11H8N2O2S3. The van der Waals surface area contributed by atoms with Gasteiger partial charge in [0.25, 0.3) is 0 Å². The minimum absolute atomic E-state index is 0.485. The van der Waals surface area contributed by atoms with Crippen molar-refractivity contribution in [3.05, 3.63) is 23.2 Å². The first kappa shape index (κ1) is 12.0. The first-order valence-corrected chi connectivity index (χ1v) is 7.42. The van der Waals surface area contributed by atoms with Crippen LogP contribution in [0.15, 0.2) is 28.1 Å². The van der Waals surface area contributed by atoms with E-state index in [1.165, 1.54) is 23.1 Å². The number of hydrogen-bond acceptors (Lipinski definition) is 6. The highest BCUT2D eigenvalue weighted by Gasteiger charge is 2.26. The van der Waals surface area contributed by atoms with Gasteiger partial charge in [0.1, 0.15) is 10.1 Å². The molecule has 0 saturated carbocycles. The monoisotopic (exact) mass is 296 g/mol. The maximum atomic E-state index is 10.8. The Morgan fingerprint density at radius 3 is 3.06 bits per heavy atom. The lowest BCUT2D eigenvalue weighted by atomic mass is 10.3. The second kappa shape index (κ2) is 4.56. The third-order valence-corrected chi connectivity index (χ3v) is 4.98. The van der Waals surface area contributed by atoms with Crippen LogP contribution in [0.2, 0.25) is 0 Å². The number of rotatable bonds is 2. The molecule has 0 amide bonds. The van der Waals surface area contributed by atoms with Crippen molar-refractivity contribution in [1.29, 1.82) is 0 Å². The van der Waals surface area contributed by atoms with Crippen LogP contribution in [0.1, 0.15) is 5.01 Å². The van der Waals surface area contributed by atoms with E-state index in [1.807, 2.05) is 18.2 Å². The van der Waals surface area contributed by atoms with Gasteiger partial charge in [-0.25, -0.2) is 9.78 Å². The number of hydrogen-bond donors (Lipinski definition) is 2. The zero-order valence-corrected chi connectivity index (χ0v) is 11.6. The predicted molar refractivity (Wildman–Crippen MR) is 77.3 cm³/mol. The Bertz CT molecular complexity index is 665. The lowest BCUT2D eigenvalue weighted by molar-refractivity contribution is -0.137. The maximum absolute atomic E-state index is 10.8. The molecule has 3 rings (SSSR count). The van der Waals surface area contributed by atoms with Gasteiger partial charge in [0.2, 0.25) is 0 Å². The molecule has 0 spiro atoms. The van der Waals surface area contributed by atoms with Crippen LogP contribution in [0.3, 0.4) is 0 Å². The van der Waals surface area contributed by atoms with Gasteiger partial charge in [-0.3, -0.25) is 4.99 Å². The normalized spacial score (nSPS) is 19.2. The smallest absolute Gasteiger partial charge is 0.329 e. The van der Waals surface area contributed by atoms with Gasteiger partial charge in [-0.2, -0.15) is 0 Å². The SMILES string of the molecule is O=C(O)[C@H]1CSC(c2nc3ccc(S)cc3s2)=N1. The van der Waals surface area contributed by atoms with Gasteiger partial charge < -0.3 is 5.11 Å². The van der Waals surface area contributed by atoms with Crippen molar-refractivity contribution in [2.75, 3.05) is 5.75 Å². The second-order valence-corrected chi connectivity index (χ2v) is 6.33. The molecule has 0 radical (unpaired) electrons. The fourth-order valence-corrected chi connectivity index (χ4v) is 4.02. The number of carboxylic acid groups (broad SMARTS) is 1. The van der Waals surface area contributed by atoms with Crippen molar-refractivity contribution in [3.8, 4) is 0 Å². The Hall–Kier alpha value is -1.05. The summed E-state index contributed by atoms with van der Waals surface area (Å²) in [6.07, 6.45) is 0. The molecule has 7 heteroatoms. The zero-order chi connectivity index (χ0) is 12.7. The van der Waals surface area contributed by atoms with E-state index in [1.54, 1.807) is 0 Å². The van der Waals surface area contributed by atoms with Gasteiger partial charge in [-0.1, -0.05) is 0 Å². The zero-order valence-electron chi connectivity index (χ0n) is 9.03. The predicted octanol–water partition coefficient (Wildman–Crippen LogP) is 2.53. The third-order valence-electron chi connectivity index (χ3n) is 2.49. The summed E-state index contributed by atoms with van der Waals surface area (Å²) in [7, 11) is 0. The third kappa shape index (κ3) is 2.13. The van der Waals surface area contributed by atoms with Gasteiger partial charge in [0.15, 0.2) is 6.04 Å². The molecule has 0 unspecified atom stereocenters. The lowest BCUT2D eigenvalue weighted by Crippen LogP contribution is -2.17. The second-order valence-electron chi connectivity index (χ2n) is 3.77. The molecule has 1 aliphatic heterocycles. The fourth-order valence-electron chi connectivity index (χ4n) is 1.62. The summed E-state index contributed by atoms with van der Waals surface area (Å²) in [6, 6.07) is 5.11. The Morgan fingerprint density at radius 2 is 2.33 bits per heavy atom. The van der Waals surface area contributed by atoms with Gasteiger partial charge in [-0.15, -0.1) is 35.7 Å². The fraction of sp³-hybridized carbons (Fsp3) is 0.182. The van der Waals surface area contributed by atoms with Crippen LogP contribution in [0, 0.1) is 0 Å². The molecule has 0 saturated heterocycles. The first-order valence-electron chi connectivity index (χ1n) is 5.17. The molecule has 2 aromatic rings. The number of carboxylic acids is 1. The Morgan fingerprint density at radius 1 is 1.50 bits per heavy atom. The molecule has 0 bridgehead atoms. The average Bonchev–Trinajstić information content (AvgIpc) is 2.93. The molecule has 0 fully saturated rings. The van der Waals surface area contributed by atoms with Crippen LogP contribution in [0.5, 0.6) is 0 Å². The molecule has 92 valence electrons. The topological polar surface area (TPSA) is 62.5 Å². The van der Waals surface area contributed by atoms with Crippen molar-refractivity contribution < 1.29 is 9.90 Å². The average molecular weight is 296 g/mol. The van der Waals surface area contributed by atoms with Gasteiger partial charge >= 0.3 is 5.97 Å². The Balaban J connectivity index is 2.00. The summed E-state index contributed by atoms with van der Waals surface area (Å²) in [6.45, 7) is 0. The van der Waals surface area contributed by atoms with Gasteiger partial charge in [0, 0.05) is 10.6 Å². The van der Waals surface area contributed by atoms with E-state index in [0.29, 0.717) is 5.75 Å². The number of nitrogens with zero attached hydrogens (tertiary/aromatic N) is 2. The highest BCUT2D eigenvalue weighted by molar-refractivity contribution is 8.15. The number of benzene rings is 1. The van der Waals surface area contributed by atoms with Gasteiger partial charge in [-0.05, 0) is 18.2 Å². The summed E-state index contributed by atoms with van der Waals surface area (Å²) < 4.78 is 1.04. The standard InChI is InChI=1S/C11H8N2O2S3/c14-11(15)7-4-17-9(13-7)10-12-6-2-1-5(16)3-8(6)18-10/h1-3,7,16H,4H2,(H,14,15)/t7-/m1/s1. The van der Waals surface area contributed by atoms with E-state index >= 15 is 0 Å². The summed E-state index contributed by atoms with van der Waals surface area (Å²) in [5.41, 5.74) is 0.898. The summed E-state index contributed by atoms with van der Waals surface area (Å²) in [4.78, 5) is 20.4. The first-order chi connectivity index (χ1) is 8.63. The van der Waals surface area contributed by atoms with Crippen LogP contribution < -0.4 is 0 Å². The molecule has 1 aromatic carbocycles. The Kier molecular flexibility index (Phi) is 3.04. The largest absolute Gasteiger partial charge is 0.480 e. The quantitative estimate of drug-likeness (QED) is 0.836. The van der Waals surface area contributed by atoms with Crippen LogP contribution >= 0.6 is 35.7 Å². The number of aliphatic imine (C=N–C) groups is 1. The van der Waals surface area contributed by atoms with Crippen LogP contribution in [-0.4, -0.2) is 32.9 Å². The minimum atomic E-state index is -0.878. The minimum Gasteiger partial charge on any atom is -0.480 e. The number of thiol groups is 1. The van der Waals surface area contributed by atoms with E-state index < -0.39 is 12.0 Å². The molecule has 4 nitrogen and oxygen atoms in total. The van der Waals surface area contributed by atoms with Crippen LogP contribution in [-0.2, 0) is 4.79 Å². The van der Waals surface area contributed by atoms with E-state index in [9.17, 15) is 4.79 Å². The molecule has 1 N–H and O–H groups in total. The molecule has 18 heavy (non-hydrogen) atoms. The van der Waals surface area contributed by atoms with E-state index in [0.717, 1.165) is 25.2 Å². The summed E-state index contributed by atoms with van der Waals surface area (Å²) >= 11 is 7.25. The van der Waals surface area contributed by atoms with Gasteiger partial charge in [0.05, 0.1) is 10.2 Å². The maximum Gasteiger partial charge on any atom is 0.329 e. The van der Waals surface area contributed by atoms with E-state index in [2.05, 4.69) is 22.6 Å². The molecule has 0 aliphatic carbocycles. The number of thiazole rings is 1. The van der Waals surface area contributed by atoms with Crippen molar-refractivity contribution in [1.82, 2.24) is 4.98 Å². The number of fused-ring (bicyclic) bond motifs is 1. The molecular weight excluding hydrogens is 288 g/mol.